The van der Waals surface area contributed by atoms with Crippen molar-refractivity contribution >= 4 is 16.2 Å². The van der Waals surface area contributed by atoms with Crippen LogP contribution in [0.2, 0.25) is 0 Å². The molecular weight excluding hydrogens is 480 g/mol. The van der Waals surface area contributed by atoms with Gasteiger partial charge in [0.15, 0.2) is 16.5 Å². The zero-order valence-electron chi connectivity index (χ0n) is 17.3. The standard InChI is InChI=1S/C22H16F8O2S/c1-11-6-13(3)20(17(23)7-11)14-4-5-16(12(2)8-14)22(31)32-15-9-18(24)21(19(25)10-15)33(26,27,28,29)30/h4-10H,1-3H3. The Hall–Kier alpha value is -3.08. The van der Waals surface area contributed by atoms with E-state index >= 15 is 0 Å². The number of benzene rings is 3. The molecule has 178 valence electrons. The summed E-state index contributed by atoms with van der Waals surface area (Å²) in [7, 11) is -10.7. The van der Waals surface area contributed by atoms with Gasteiger partial charge in [-0.25, -0.2) is 18.0 Å². The van der Waals surface area contributed by atoms with Crippen LogP contribution >= 0.6 is 10.2 Å². The normalized spacial score (nSPS) is 13.9. The van der Waals surface area contributed by atoms with Crippen LogP contribution in [0.4, 0.5) is 32.6 Å². The Morgan fingerprint density at radius 3 is 1.82 bits per heavy atom. The molecule has 0 fully saturated rings. The van der Waals surface area contributed by atoms with Crippen molar-refractivity contribution in [2.45, 2.75) is 25.7 Å². The first-order chi connectivity index (χ1) is 14.9. The van der Waals surface area contributed by atoms with Gasteiger partial charge in [0.1, 0.15) is 11.6 Å². The van der Waals surface area contributed by atoms with E-state index < -0.39 is 44.3 Å². The van der Waals surface area contributed by atoms with E-state index in [1.807, 2.05) is 0 Å². The summed E-state index contributed by atoms with van der Waals surface area (Å²) in [5.74, 6) is -7.97. The minimum atomic E-state index is -10.7. The van der Waals surface area contributed by atoms with Crippen LogP contribution in [0.3, 0.4) is 0 Å². The van der Waals surface area contributed by atoms with Gasteiger partial charge in [-0.3, -0.25) is 0 Å². The van der Waals surface area contributed by atoms with E-state index in [1.165, 1.54) is 31.2 Å². The molecule has 3 aromatic rings. The molecule has 0 aromatic heterocycles. The second-order valence-corrected chi connectivity index (χ2v) is 9.89. The number of aryl methyl sites for hydroxylation is 3. The predicted octanol–water partition coefficient (Wildman–Crippen LogP) is 8.57. The lowest BCUT2D eigenvalue weighted by Crippen LogP contribution is -2.14. The third-order valence-electron chi connectivity index (χ3n) is 4.73. The van der Waals surface area contributed by atoms with E-state index in [0.717, 1.165) is 0 Å². The third-order valence-corrected chi connectivity index (χ3v) is 5.90. The molecule has 3 aromatic carbocycles. The molecule has 0 unspecified atom stereocenters. The van der Waals surface area contributed by atoms with Gasteiger partial charge in [-0.1, -0.05) is 37.6 Å². The molecule has 0 aliphatic rings. The highest BCUT2D eigenvalue weighted by Crippen LogP contribution is 3.02. The molecule has 0 N–H and O–H groups in total. The first kappa shape index (κ1) is 24.6. The lowest BCUT2D eigenvalue weighted by molar-refractivity contribution is 0.0733. The molecule has 33 heavy (non-hydrogen) atoms. The van der Waals surface area contributed by atoms with E-state index in [4.69, 9.17) is 4.74 Å². The summed E-state index contributed by atoms with van der Waals surface area (Å²) in [4.78, 5) is 9.07. The van der Waals surface area contributed by atoms with Gasteiger partial charge in [-0.15, -0.1) is 0 Å². The number of halogens is 8. The number of esters is 1. The highest BCUT2D eigenvalue weighted by molar-refractivity contribution is 8.45. The second kappa shape index (κ2) is 7.21. The Balaban J connectivity index is 1.94. The zero-order chi connectivity index (χ0) is 25.0. The lowest BCUT2D eigenvalue weighted by atomic mass is 9.95. The van der Waals surface area contributed by atoms with Gasteiger partial charge in [0.25, 0.3) is 0 Å². The van der Waals surface area contributed by atoms with Gasteiger partial charge in [0, 0.05) is 17.7 Å². The van der Waals surface area contributed by atoms with E-state index in [0.29, 0.717) is 22.3 Å². The van der Waals surface area contributed by atoms with E-state index in [-0.39, 0.29) is 23.3 Å². The summed E-state index contributed by atoms with van der Waals surface area (Å²) in [6.07, 6.45) is 0. The molecule has 0 atom stereocenters. The van der Waals surface area contributed by atoms with Crippen molar-refractivity contribution in [3.05, 3.63) is 82.2 Å². The fraction of sp³-hybridized carbons (Fsp3) is 0.136. The average molecular weight is 496 g/mol. The van der Waals surface area contributed by atoms with E-state index in [1.54, 1.807) is 19.9 Å². The van der Waals surface area contributed by atoms with Crippen molar-refractivity contribution in [3.8, 4) is 16.9 Å². The van der Waals surface area contributed by atoms with Gasteiger partial charge in [0.05, 0.1) is 5.56 Å². The maximum Gasteiger partial charge on any atom is 0.343 e. The minimum absolute atomic E-state index is 0.137. The highest BCUT2D eigenvalue weighted by Gasteiger charge is 2.69. The van der Waals surface area contributed by atoms with Crippen LogP contribution in [0.15, 0.2) is 47.4 Å². The van der Waals surface area contributed by atoms with Gasteiger partial charge in [-0.2, -0.15) is 0 Å². The molecule has 0 saturated heterocycles. The van der Waals surface area contributed by atoms with Crippen molar-refractivity contribution in [1.82, 2.24) is 0 Å². The largest absolute Gasteiger partial charge is 0.423 e. The van der Waals surface area contributed by atoms with Gasteiger partial charge < -0.3 is 4.74 Å². The SMILES string of the molecule is Cc1cc(C)c(-c2ccc(C(=O)Oc3cc(F)c(S(F)(F)(F)(F)F)c(F)c3)c(C)c2)c(F)c1. The van der Waals surface area contributed by atoms with Gasteiger partial charge in [-0.05, 0) is 55.2 Å². The molecule has 0 radical (unpaired) electrons. The van der Waals surface area contributed by atoms with Crippen molar-refractivity contribution in [1.29, 1.82) is 0 Å². The first-order valence-corrected chi connectivity index (χ1v) is 11.2. The van der Waals surface area contributed by atoms with Crippen LogP contribution in [0.1, 0.15) is 27.0 Å². The lowest BCUT2D eigenvalue weighted by Gasteiger charge is -2.40. The van der Waals surface area contributed by atoms with Crippen LogP contribution in [0.25, 0.3) is 11.1 Å². The Bertz CT molecular complexity index is 1260. The van der Waals surface area contributed by atoms with Crippen molar-refractivity contribution in [3.63, 3.8) is 0 Å². The number of carbonyl (C=O) groups is 1. The monoisotopic (exact) mass is 496 g/mol. The van der Waals surface area contributed by atoms with Crippen LogP contribution in [0.5, 0.6) is 5.75 Å². The maximum absolute atomic E-state index is 14.4. The molecule has 0 aliphatic heterocycles. The molecule has 0 bridgehead atoms. The smallest absolute Gasteiger partial charge is 0.343 e. The van der Waals surface area contributed by atoms with Gasteiger partial charge >= 0.3 is 16.2 Å². The predicted molar refractivity (Wildman–Crippen MR) is 109 cm³/mol. The Kier molecular flexibility index (Phi) is 5.37. The highest BCUT2D eigenvalue weighted by atomic mass is 32.5. The van der Waals surface area contributed by atoms with Crippen LogP contribution < -0.4 is 4.74 Å². The molecule has 0 aliphatic carbocycles. The van der Waals surface area contributed by atoms with Crippen molar-refractivity contribution in [2.24, 2.45) is 0 Å². The van der Waals surface area contributed by atoms with Gasteiger partial charge in [0.2, 0.25) is 0 Å². The summed E-state index contributed by atoms with van der Waals surface area (Å²) in [5.41, 5.74) is 2.19. The van der Waals surface area contributed by atoms with E-state index in [9.17, 15) is 37.4 Å². The minimum Gasteiger partial charge on any atom is -0.423 e. The van der Waals surface area contributed by atoms with Crippen LogP contribution in [-0.2, 0) is 0 Å². The van der Waals surface area contributed by atoms with Crippen molar-refractivity contribution < 1.29 is 42.1 Å². The summed E-state index contributed by atoms with van der Waals surface area (Å²) in [6.45, 7) is 4.88. The number of hydrogen-bond acceptors (Lipinski definition) is 2. The average Bonchev–Trinajstić information content (AvgIpc) is 2.57. The summed E-state index contributed by atoms with van der Waals surface area (Å²) >= 11 is 0. The number of ether oxygens (including phenoxy) is 1. The molecule has 0 spiro atoms. The third kappa shape index (κ3) is 5.13. The Labute approximate surface area is 183 Å². The Morgan fingerprint density at radius 2 is 1.33 bits per heavy atom. The Morgan fingerprint density at radius 1 is 0.758 bits per heavy atom. The molecular formula is C22H16F8O2S. The summed E-state index contributed by atoms with van der Waals surface area (Å²) in [5, 5.41) is 0. The molecule has 0 heterocycles. The molecule has 0 amide bonds. The zero-order valence-corrected chi connectivity index (χ0v) is 18.1. The summed E-state index contributed by atoms with van der Waals surface area (Å²) < 4.78 is 111. The quantitative estimate of drug-likeness (QED) is 0.205. The van der Waals surface area contributed by atoms with Crippen LogP contribution in [0, 0.1) is 38.2 Å². The molecule has 0 saturated carbocycles. The van der Waals surface area contributed by atoms with E-state index in [2.05, 4.69) is 0 Å². The maximum atomic E-state index is 14.4. The number of carbonyl (C=O) groups excluding carboxylic acids is 1. The topological polar surface area (TPSA) is 26.3 Å². The summed E-state index contributed by atoms with van der Waals surface area (Å²) in [6, 6.07) is 6.88. The second-order valence-electron chi connectivity index (χ2n) is 7.54. The fourth-order valence-corrected chi connectivity index (χ4v) is 4.31. The molecule has 3 rings (SSSR count). The number of rotatable bonds is 4. The molecule has 2 nitrogen and oxygen atoms in total. The van der Waals surface area contributed by atoms with Crippen molar-refractivity contribution in [2.75, 3.05) is 0 Å². The fourth-order valence-electron chi connectivity index (χ4n) is 3.46. The van der Waals surface area contributed by atoms with Crippen LogP contribution in [-0.4, -0.2) is 5.97 Å². The first-order valence-electron chi connectivity index (χ1n) is 9.20. The number of hydrogen-bond donors (Lipinski definition) is 0. The molecule has 11 heteroatoms.